The van der Waals surface area contributed by atoms with Gasteiger partial charge in [-0.3, -0.25) is 4.79 Å². The number of carbonyl (C=O) groups is 1. The Morgan fingerprint density at radius 3 is 2.90 bits per heavy atom. The Morgan fingerprint density at radius 2 is 2.25 bits per heavy atom. The summed E-state index contributed by atoms with van der Waals surface area (Å²) in [6.07, 6.45) is 2.06. The largest absolute Gasteiger partial charge is 0.489 e. The summed E-state index contributed by atoms with van der Waals surface area (Å²) in [5, 5.41) is 11.8. The second-order valence-electron chi connectivity index (χ2n) is 4.23. The van der Waals surface area contributed by atoms with Gasteiger partial charge in [-0.05, 0) is 18.6 Å². The van der Waals surface area contributed by atoms with Crippen LogP contribution < -0.4 is 10.1 Å². The second kappa shape index (κ2) is 9.12. The molecule has 1 aromatic rings. The molecule has 110 valence electrons. The number of methoxy groups -OCH3 is 1. The van der Waals surface area contributed by atoms with Crippen molar-refractivity contribution in [3.05, 3.63) is 42.5 Å². The smallest absolute Gasteiger partial charge is 0.255 e. The number of rotatable bonds is 9. The number of aliphatic hydroxyl groups excluding tert-OH is 1. The minimum atomic E-state index is -0.250. The number of carbonyl (C=O) groups excluding carboxylic acids is 1. The maximum absolute atomic E-state index is 12.2. The van der Waals surface area contributed by atoms with Crippen molar-refractivity contribution in [1.82, 2.24) is 5.32 Å². The third-order valence-corrected chi connectivity index (χ3v) is 2.67. The first-order valence-electron chi connectivity index (χ1n) is 6.46. The van der Waals surface area contributed by atoms with E-state index in [4.69, 9.17) is 14.6 Å². The van der Waals surface area contributed by atoms with Crippen LogP contribution in [0.1, 0.15) is 16.8 Å². The quantitative estimate of drug-likeness (QED) is 0.670. The van der Waals surface area contributed by atoms with Gasteiger partial charge in [0.15, 0.2) is 0 Å². The third-order valence-electron chi connectivity index (χ3n) is 2.67. The van der Waals surface area contributed by atoms with Crippen LogP contribution in [-0.4, -0.2) is 44.0 Å². The topological polar surface area (TPSA) is 67.8 Å². The molecule has 0 aromatic heterocycles. The lowest BCUT2D eigenvalue weighted by Crippen LogP contribution is -2.38. The fraction of sp³-hybridized carbons (Fsp3) is 0.400. The normalized spacial score (nSPS) is 11.7. The predicted molar refractivity (Wildman–Crippen MR) is 77.0 cm³/mol. The summed E-state index contributed by atoms with van der Waals surface area (Å²) < 4.78 is 10.5. The highest BCUT2D eigenvalue weighted by atomic mass is 16.5. The van der Waals surface area contributed by atoms with Crippen LogP contribution in [0.5, 0.6) is 5.75 Å². The Morgan fingerprint density at radius 1 is 1.50 bits per heavy atom. The molecule has 0 bridgehead atoms. The number of benzene rings is 1. The fourth-order valence-electron chi connectivity index (χ4n) is 1.75. The number of para-hydroxylation sites is 1. The molecule has 0 spiro atoms. The zero-order chi connectivity index (χ0) is 14.8. The van der Waals surface area contributed by atoms with Crippen LogP contribution in [0.25, 0.3) is 0 Å². The Kier molecular flexibility index (Phi) is 7.39. The molecule has 1 rings (SSSR count). The van der Waals surface area contributed by atoms with Gasteiger partial charge in [0, 0.05) is 13.7 Å². The Labute approximate surface area is 119 Å². The van der Waals surface area contributed by atoms with Gasteiger partial charge in [-0.15, -0.1) is 0 Å². The van der Waals surface area contributed by atoms with E-state index >= 15 is 0 Å². The molecule has 0 radical (unpaired) electrons. The maximum atomic E-state index is 12.2. The van der Waals surface area contributed by atoms with E-state index in [9.17, 15) is 4.79 Å². The molecule has 0 saturated heterocycles. The molecular weight excluding hydrogens is 258 g/mol. The lowest BCUT2D eigenvalue weighted by Gasteiger charge is -2.18. The molecule has 5 nitrogen and oxygen atoms in total. The summed E-state index contributed by atoms with van der Waals surface area (Å²) in [6.45, 7) is 4.25. The van der Waals surface area contributed by atoms with E-state index in [1.807, 2.05) is 0 Å². The number of amides is 1. The number of aliphatic hydroxyl groups is 1. The Bertz CT molecular complexity index is 428. The summed E-state index contributed by atoms with van der Waals surface area (Å²) in [5.41, 5.74) is 0.452. The van der Waals surface area contributed by atoms with E-state index in [2.05, 4.69) is 11.9 Å². The van der Waals surface area contributed by atoms with Gasteiger partial charge in [0.2, 0.25) is 0 Å². The van der Waals surface area contributed by atoms with E-state index < -0.39 is 0 Å². The van der Waals surface area contributed by atoms with Gasteiger partial charge in [0.05, 0.1) is 18.2 Å². The fourth-order valence-corrected chi connectivity index (χ4v) is 1.75. The van der Waals surface area contributed by atoms with Crippen molar-refractivity contribution < 1.29 is 19.4 Å². The summed E-state index contributed by atoms with van der Waals surface area (Å²) in [4.78, 5) is 12.2. The molecule has 0 fully saturated rings. The van der Waals surface area contributed by atoms with Crippen LogP contribution in [0.4, 0.5) is 0 Å². The molecule has 0 saturated carbocycles. The summed E-state index contributed by atoms with van der Waals surface area (Å²) in [6, 6.07) is 6.76. The average Bonchev–Trinajstić information content (AvgIpc) is 2.46. The molecule has 1 atom stereocenters. The van der Waals surface area contributed by atoms with Crippen LogP contribution >= 0.6 is 0 Å². The van der Waals surface area contributed by atoms with E-state index in [-0.39, 0.29) is 18.6 Å². The highest BCUT2D eigenvalue weighted by Gasteiger charge is 2.16. The molecular formula is C15H21NO4. The minimum absolute atomic E-state index is 0.0110. The van der Waals surface area contributed by atoms with E-state index in [0.29, 0.717) is 30.9 Å². The molecule has 1 aromatic carbocycles. The zero-order valence-corrected chi connectivity index (χ0v) is 11.7. The number of nitrogens with one attached hydrogen (secondary N) is 1. The second-order valence-corrected chi connectivity index (χ2v) is 4.23. The van der Waals surface area contributed by atoms with Crippen molar-refractivity contribution in [3.8, 4) is 5.75 Å². The Balaban J connectivity index is 2.77. The summed E-state index contributed by atoms with van der Waals surface area (Å²) in [5.74, 6) is 0.255. The molecule has 0 heterocycles. The molecule has 5 heteroatoms. The van der Waals surface area contributed by atoms with Crippen molar-refractivity contribution >= 4 is 5.91 Å². The van der Waals surface area contributed by atoms with Gasteiger partial charge in [-0.25, -0.2) is 0 Å². The molecule has 0 aliphatic carbocycles. The molecule has 0 aliphatic rings. The van der Waals surface area contributed by atoms with Crippen LogP contribution in [0, 0.1) is 0 Å². The van der Waals surface area contributed by atoms with Crippen LogP contribution in [-0.2, 0) is 4.74 Å². The van der Waals surface area contributed by atoms with Gasteiger partial charge in [0.25, 0.3) is 5.91 Å². The molecule has 20 heavy (non-hydrogen) atoms. The average molecular weight is 279 g/mol. The van der Waals surface area contributed by atoms with Gasteiger partial charge >= 0.3 is 0 Å². The first-order valence-corrected chi connectivity index (χ1v) is 6.46. The van der Waals surface area contributed by atoms with Crippen molar-refractivity contribution in [2.75, 3.05) is 26.9 Å². The zero-order valence-electron chi connectivity index (χ0n) is 11.7. The Hall–Kier alpha value is -1.85. The molecule has 1 amide bonds. The monoisotopic (exact) mass is 279 g/mol. The van der Waals surface area contributed by atoms with Crippen molar-refractivity contribution in [2.45, 2.75) is 12.5 Å². The van der Waals surface area contributed by atoms with Crippen molar-refractivity contribution in [2.24, 2.45) is 0 Å². The van der Waals surface area contributed by atoms with Crippen LogP contribution in [0.2, 0.25) is 0 Å². The first kappa shape index (κ1) is 16.2. The van der Waals surface area contributed by atoms with E-state index in [0.717, 1.165) is 0 Å². The van der Waals surface area contributed by atoms with Crippen LogP contribution in [0.3, 0.4) is 0 Å². The lowest BCUT2D eigenvalue weighted by atomic mass is 10.1. The lowest BCUT2D eigenvalue weighted by molar-refractivity contribution is 0.0875. The maximum Gasteiger partial charge on any atom is 0.255 e. The standard InChI is InChI=1S/C15H21NO4/c1-3-10-20-14-7-5-4-6-13(14)15(18)16-12(8-9-17)11-19-2/h3-7,12,17H,1,8-11H2,2H3,(H,16,18). The van der Waals surface area contributed by atoms with Gasteiger partial charge in [-0.2, -0.15) is 0 Å². The van der Waals surface area contributed by atoms with Gasteiger partial charge in [-0.1, -0.05) is 24.8 Å². The number of ether oxygens (including phenoxy) is 2. The highest BCUT2D eigenvalue weighted by molar-refractivity contribution is 5.97. The summed E-state index contributed by atoms with van der Waals surface area (Å²) in [7, 11) is 1.55. The predicted octanol–water partition coefficient (Wildman–Crippen LogP) is 1.38. The van der Waals surface area contributed by atoms with Crippen molar-refractivity contribution in [1.29, 1.82) is 0 Å². The van der Waals surface area contributed by atoms with Gasteiger partial charge < -0.3 is 19.9 Å². The highest BCUT2D eigenvalue weighted by Crippen LogP contribution is 2.18. The van der Waals surface area contributed by atoms with Crippen molar-refractivity contribution in [3.63, 3.8) is 0 Å². The van der Waals surface area contributed by atoms with E-state index in [1.165, 1.54) is 0 Å². The third kappa shape index (κ3) is 5.03. The van der Waals surface area contributed by atoms with E-state index in [1.54, 1.807) is 37.5 Å². The first-order chi connectivity index (χ1) is 9.72. The van der Waals surface area contributed by atoms with Gasteiger partial charge in [0.1, 0.15) is 12.4 Å². The summed E-state index contributed by atoms with van der Waals surface area (Å²) >= 11 is 0. The molecule has 1 unspecified atom stereocenters. The molecule has 0 aliphatic heterocycles. The number of hydrogen-bond donors (Lipinski definition) is 2. The SMILES string of the molecule is C=CCOc1ccccc1C(=O)NC(CCO)COC. The minimum Gasteiger partial charge on any atom is -0.489 e. The molecule has 2 N–H and O–H groups in total. The number of hydrogen-bond acceptors (Lipinski definition) is 4. The van der Waals surface area contributed by atoms with Crippen LogP contribution in [0.15, 0.2) is 36.9 Å².